The summed E-state index contributed by atoms with van der Waals surface area (Å²) in [6, 6.07) is 12.0. The SMILES string of the molecule is CN1CCN(c2ccc3cc(O)ccc3c2)CC1. The fourth-order valence-electron chi connectivity index (χ4n) is 2.48. The number of likely N-dealkylation sites (N-methyl/N-ethyl adjacent to an activating group) is 1. The summed E-state index contributed by atoms with van der Waals surface area (Å²) >= 11 is 0. The first kappa shape index (κ1) is 11.4. The molecule has 1 aliphatic rings. The van der Waals surface area contributed by atoms with Crippen LogP contribution in [0.5, 0.6) is 5.75 Å². The summed E-state index contributed by atoms with van der Waals surface area (Å²) in [5.74, 6) is 0.329. The number of nitrogens with zero attached hydrogens (tertiary/aromatic N) is 2. The number of benzene rings is 2. The first-order chi connectivity index (χ1) is 8.72. The number of phenolic OH excluding ortho intramolecular Hbond substituents is 1. The second kappa shape index (κ2) is 4.50. The number of piperazine rings is 1. The van der Waals surface area contributed by atoms with E-state index in [0.29, 0.717) is 5.75 Å². The summed E-state index contributed by atoms with van der Waals surface area (Å²) in [6.07, 6.45) is 0. The third kappa shape index (κ3) is 2.14. The Labute approximate surface area is 107 Å². The van der Waals surface area contributed by atoms with Crippen molar-refractivity contribution < 1.29 is 5.11 Å². The number of phenols is 1. The van der Waals surface area contributed by atoms with Gasteiger partial charge in [0.25, 0.3) is 0 Å². The Bertz CT molecular complexity index is 559. The molecular formula is C15H18N2O. The topological polar surface area (TPSA) is 26.7 Å². The van der Waals surface area contributed by atoms with Gasteiger partial charge in [-0.15, -0.1) is 0 Å². The fraction of sp³-hybridized carbons (Fsp3) is 0.333. The molecule has 0 aromatic heterocycles. The molecule has 2 aromatic carbocycles. The molecule has 3 heteroatoms. The Kier molecular flexibility index (Phi) is 2.84. The van der Waals surface area contributed by atoms with Crippen molar-refractivity contribution in [3.63, 3.8) is 0 Å². The molecule has 0 spiro atoms. The maximum Gasteiger partial charge on any atom is 0.116 e. The molecule has 94 valence electrons. The number of hydrogen-bond donors (Lipinski definition) is 1. The minimum atomic E-state index is 0.329. The number of hydrogen-bond acceptors (Lipinski definition) is 3. The zero-order valence-electron chi connectivity index (χ0n) is 10.6. The smallest absolute Gasteiger partial charge is 0.116 e. The minimum absolute atomic E-state index is 0.329. The summed E-state index contributed by atoms with van der Waals surface area (Å²) in [6.45, 7) is 4.40. The molecule has 0 bridgehead atoms. The summed E-state index contributed by atoms with van der Waals surface area (Å²) in [5.41, 5.74) is 1.28. The van der Waals surface area contributed by atoms with E-state index >= 15 is 0 Å². The zero-order chi connectivity index (χ0) is 12.5. The maximum atomic E-state index is 9.46. The number of aromatic hydroxyl groups is 1. The van der Waals surface area contributed by atoms with Crippen molar-refractivity contribution in [2.45, 2.75) is 0 Å². The number of anilines is 1. The van der Waals surface area contributed by atoms with E-state index in [1.54, 1.807) is 6.07 Å². The first-order valence-electron chi connectivity index (χ1n) is 6.39. The molecule has 0 radical (unpaired) electrons. The predicted molar refractivity (Wildman–Crippen MR) is 75.3 cm³/mol. The second-order valence-corrected chi connectivity index (χ2v) is 5.01. The van der Waals surface area contributed by atoms with Gasteiger partial charge in [0.1, 0.15) is 5.75 Å². The average Bonchev–Trinajstić information content (AvgIpc) is 2.39. The van der Waals surface area contributed by atoms with Crippen LogP contribution >= 0.6 is 0 Å². The monoisotopic (exact) mass is 242 g/mol. The molecule has 3 nitrogen and oxygen atoms in total. The van der Waals surface area contributed by atoms with E-state index in [4.69, 9.17) is 0 Å². The summed E-state index contributed by atoms with van der Waals surface area (Å²) in [5, 5.41) is 11.7. The van der Waals surface area contributed by atoms with Crippen LogP contribution in [0.4, 0.5) is 5.69 Å². The van der Waals surface area contributed by atoms with Gasteiger partial charge < -0.3 is 14.9 Å². The molecule has 0 aliphatic carbocycles. The molecule has 0 saturated carbocycles. The van der Waals surface area contributed by atoms with Gasteiger partial charge in [0.05, 0.1) is 0 Å². The van der Waals surface area contributed by atoms with Crippen LogP contribution < -0.4 is 4.90 Å². The lowest BCUT2D eigenvalue weighted by Gasteiger charge is -2.34. The van der Waals surface area contributed by atoms with E-state index < -0.39 is 0 Å². The molecule has 0 amide bonds. The van der Waals surface area contributed by atoms with Crippen molar-refractivity contribution in [1.82, 2.24) is 4.90 Å². The molecule has 1 heterocycles. The lowest BCUT2D eigenvalue weighted by Crippen LogP contribution is -2.44. The minimum Gasteiger partial charge on any atom is -0.508 e. The largest absolute Gasteiger partial charge is 0.508 e. The van der Waals surface area contributed by atoms with Crippen LogP contribution in [0.2, 0.25) is 0 Å². The van der Waals surface area contributed by atoms with Gasteiger partial charge >= 0.3 is 0 Å². The molecule has 1 N–H and O–H groups in total. The normalized spacial score (nSPS) is 17.3. The molecule has 3 rings (SSSR count). The van der Waals surface area contributed by atoms with E-state index in [9.17, 15) is 5.11 Å². The van der Waals surface area contributed by atoms with E-state index in [-0.39, 0.29) is 0 Å². The van der Waals surface area contributed by atoms with Gasteiger partial charge in [-0.25, -0.2) is 0 Å². The average molecular weight is 242 g/mol. The standard InChI is InChI=1S/C15H18N2O/c1-16-6-8-17(9-7-16)14-4-2-13-11-15(18)5-3-12(13)10-14/h2-5,10-11,18H,6-9H2,1H3. The van der Waals surface area contributed by atoms with Crippen molar-refractivity contribution in [1.29, 1.82) is 0 Å². The lowest BCUT2D eigenvalue weighted by atomic mass is 10.1. The highest BCUT2D eigenvalue weighted by Crippen LogP contribution is 2.25. The van der Waals surface area contributed by atoms with E-state index in [0.717, 1.165) is 31.6 Å². The number of rotatable bonds is 1. The Morgan fingerprint density at radius 3 is 2.33 bits per heavy atom. The van der Waals surface area contributed by atoms with Crippen molar-refractivity contribution in [2.24, 2.45) is 0 Å². The van der Waals surface area contributed by atoms with Crippen LogP contribution in [-0.4, -0.2) is 43.2 Å². The Morgan fingerprint density at radius 1 is 0.889 bits per heavy atom. The van der Waals surface area contributed by atoms with Crippen LogP contribution in [0.3, 0.4) is 0 Å². The van der Waals surface area contributed by atoms with Gasteiger partial charge in [0, 0.05) is 31.9 Å². The van der Waals surface area contributed by atoms with Crippen LogP contribution in [0.25, 0.3) is 10.8 Å². The Balaban J connectivity index is 1.91. The molecule has 1 fully saturated rings. The van der Waals surface area contributed by atoms with Crippen LogP contribution in [0.15, 0.2) is 36.4 Å². The molecule has 1 aliphatic heterocycles. The fourth-order valence-corrected chi connectivity index (χ4v) is 2.48. The third-order valence-electron chi connectivity index (χ3n) is 3.68. The third-order valence-corrected chi connectivity index (χ3v) is 3.68. The van der Waals surface area contributed by atoms with Crippen LogP contribution in [0.1, 0.15) is 0 Å². The van der Waals surface area contributed by atoms with Crippen molar-refractivity contribution in [3.8, 4) is 5.75 Å². The van der Waals surface area contributed by atoms with Gasteiger partial charge in [-0.1, -0.05) is 12.1 Å². The molecule has 0 unspecified atom stereocenters. The van der Waals surface area contributed by atoms with Crippen LogP contribution in [-0.2, 0) is 0 Å². The highest BCUT2D eigenvalue weighted by molar-refractivity contribution is 5.87. The molecule has 0 atom stereocenters. The highest BCUT2D eigenvalue weighted by Gasteiger charge is 2.14. The zero-order valence-corrected chi connectivity index (χ0v) is 10.6. The van der Waals surface area contributed by atoms with Crippen molar-refractivity contribution >= 4 is 16.5 Å². The van der Waals surface area contributed by atoms with E-state index in [1.165, 1.54) is 11.1 Å². The summed E-state index contributed by atoms with van der Waals surface area (Å²) in [7, 11) is 2.17. The molecule has 18 heavy (non-hydrogen) atoms. The predicted octanol–water partition coefficient (Wildman–Crippen LogP) is 2.30. The van der Waals surface area contributed by atoms with E-state index in [1.807, 2.05) is 12.1 Å². The molecular weight excluding hydrogens is 224 g/mol. The Hall–Kier alpha value is -1.74. The first-order valence-corrected chi connectivity index (χ1v) is 6.39. The molecule has 2 aromatic rings. The van der Waals surface area contributed by atoms with Gasteiger partial charge in [-0.3, -0.25) is 0 Å². The van der Waals surface area contributed by atoms with Gasteiger partial charge in [-0.05, 0) is 42.1 Å². The second-order valence-electron chi connectivity index (χ2n) is 5.01. The number of fused-ring (bicyclic) bond motifs is 1. The lowest BCUT2D eigenvalue weighted by molar-refractivity contribution is 0.313. The molecule has 1 saturated heterocycles. The summed E-state index contributed by atoms with van der Waals surface area (Å²) in [4.78, 5) is 4.78. The van der Waals surface area contributed by atoms with Gasteiger partial charge in [0.15, 0.2) is 0 Å². The Morgan fingerprint density at radius 2 is 1.56 bits per heavy atom. The van der Waals surface area contributed by atoms with Crippen molar-refractivity contribution in [3.05, 3.63) is 36.4 Å². The summed E-state index contributed by atoms with van der Waals surface area (Å²) < 4.78 is 0. The van der Waals surface area contributed by atoms with Gasteiger partial charge in [0.2, 0.25) is 0 Å². The van der Waals surface area contributed by atoms with E-state index in [2.05, 4.69) is 35.0 Å². The maximum absolute atomic E-state index is 9.46. The highest BCUT2D eigenvalue weighted by atomic mass is 16.3. The van der Waals surface area contributed by atoms with Gasteiger partial charge in [-0.2, -0.15) is 0 Å². The van der Waals surface area contributed by atoms with Crippen molar-refractivity contribution in [2.75, 3.05) is 38.1 Å². The van der Waals surface area contributed by atoms with Crippen LogP contribution in [0, 0.1) is 0 Å². The quantitative estimate of drug-likeness (QED) is 0.831.